The maximum absolute atomic E-state index is 13.5. The summed E-state index contributed by atoms with van der Waals surface area (Å²) in [6.07, 6.45) is 2.47. The van der Waals surface area contributed by atoms with E-state index >= 15 is 0 Å². The molecular weight excluding hydrogens is 490 g/mol. The van der Waals surface area contributed by atoms with Gasteiger partial charge in [0.1, 0.15) is 6.61 Å². The number of amides is 2. The molecule has 0 radical (unpaired) electrons. The average Bonchev–Trinajstić information content (AvgIpc) is 3.39. The van der Waals surface area contributed by atoms with Gasteiger partial charge in [0.2, 0.25) is 0 Å². The number of hydrogen-bond donors (Lipinski definition) is 3. The van der Waals surface area contributed by atoms with E-state index in [1.807, 2.05) is 36.4 Å². The second kappa shape index (κ2) is 10.6. The number of benzene rings is 3. The summed E-state index contributed by atoms with van der Waals surface area (Å²) < 4.78 is 5.69. The van der Waals surface area contributed by atoms with Crippen LogP contribution in [0.2, 0.25) is 5.02 Å². The van der Waals surface area contributed by atoms with E-state index < -0.39 is 18.0 Å². The van der Waals surface area contributed by atoms with Gasteiger partial charge in [-0.05, 0) is 59.9 Å². The quantitative estimate of drug-likeness (QED) is 0.299. The minimum absolute atomic E-state index is 0.0191. The van der Waals surface area contributed by atoms with Crippen molar-refractivity contribution < 1.29 is 14.3 Å². The van der Waals surface area contributed by atoms with Gasteiger partial charge < -0.3 is 20.4 Å². The first kappa shape index (κ1) is 24.1. The number of allylic oxidation sites excluding steroid dienone is 1. The number of aryl methyl sites for hydroxylation is 1. The fraction of sp³-hybridized carbons (Fsp3) is 0.143. The molecule has 0 fully saturated rings. The molecule has 0 saturated carbocycles. The van der Waals surface area contributed by atoms with E-state index in [1.54, 1.807) is 36.7 Å². The molecule has 3 aromatic carbocycles. The highest BCUT2D eigenvalue weighted by molar-refractivity contribution is 6.31. The molecule has 9 heteroatoms. The molecule has 8 nitrogen and oxygen atoms in total. The lowest BCUT2D eigenvalue weighted by Crippen LogP contribution is -2.46. The zero-order valence-corrected chi connectivity index (χ0v) is 20.4. The predicted molar refractivity (Wildman–Crippen MR) is 138 cm³/mol. The number of carbonyl (C=O) groups excluding carboxylic acids is 2. The van der Waals surface area contributed by atoms with Crippen molar-refractivity contribution in [2.45, 2.75) is 25.5 Å². The lowest BCUT2D eigenvalue weighted by atomic mass is 9.92. The number of fused-ring (bicyclic) bond motifs is 1. The number of esters is 1. The molecule has 37 heavy (non-hydrogen) atoms. The number of nitrogens with one attached hydrogen (secondary N) is 3. The topological polar surface area (TPSA) is 120 Å². The predicted octanol–water partition coefficient (Wildman–Crippen LogP) is 5.07. The standard InChI is InChI=1S/C28H22ClN5O3/c29-21-7-2-1-6-19(21)8-11-23-25(27(35)37-15-18-5-3-4-17(12-18)14-30)26(34-28(36)33-23)20-9-10-22-24(13-20)32-16-31-22/h1-7,9-10,12-13,16,26H,8,11,15H2,(H,31,32)(H2,33,34,36). The Labute approximate surface area is 217 Å². The van der Waals surface area contributed by atoms with Gasteiger partial charge in [-0.15, -0.1) is 0 Å². The van der Waals surface area contributed by atoms with Crippen molar-refractivity contribution in [3.05, 3.63) is 112 Å². The molecule has 1 unspecified atom stereocenters. The van der Waals surface area contributed by atoms with Gasteiger partial charge in [-0.1, -0.05) is 48.0 Å². The van der Waals surface area contributed by atoms with Crippen LogP contribution in [-0.4, -0.2) is 22.0 Å². The van der Waals surface area contributed by atoms with Crippen LogP contribution < -0.4 is 10.6 Å². The summed E-state index contributed by atoms with van der Waals surface area (Å²) in [5, 5.41) is 15.4. The van der Waals surface area contributed by atoms with E-state index in [9.17, 15) is 9.59 Å². The zero-order chi connectivity index (χ0) is 25.8. The van der Waals surface area contributed by atoms with Crippen LogP contribution in [0.15, 0.2) is 84.3 Å². The first-order chi connectivity index (χ1) is 18.0. The van der Waals surface area contributed by atoms with E-state index in [0.29, 0.717) is 51.3 Å². The number of aromatic amines is 1. The second-order valence-corrected chi connectivity index (χ2v) is 8.99. The highest BCUT2D eigenvalue weighted by Gasteiger charge is 2.34. The number of halogens is 1. The van der Waals surface area contributed by atoms with Gasteiger partial charge in [-0.25, -0.2) is 14.6 Å². The van der Waals surface area contributed by atoms with Crippen molar-refractivity contribution in [1.29, 1.82) is 5.26 Å². The lowest BCUT2D eigenvalue weighted by molar-refractivity contribution is -0.140. The van der Waals surface area contributed by atoms with Crippen molar-refractivity contribution in [3.8, 4) is 6.07 Å². The lowest BCUT2D eigenvalue weighted by Gasteiger charge is -2.29. The summed E-state index contributed by atoms with van der Waals surface area (Å²) in [5.41, 5.74) is 5.09. The summed E-state index contributed by atoms with van der Waals surface area (Å²) >= 11 is 6.34. The van der Waals surface area contributed by atoms with Crippen LogP contribution >= 0.6 is 11.6 Å². The molecule has 0 bridgehead atoms. The minimum atomic E-state index is -0.742. The third kappa shape index (κ3) is 5.32. The first-order valence-electron chi connectivity index (χ1n) is 11.6. The fourth-order valence-electron chi connectivity index (χ4n) is 4.35. The number of aromatic nitrogens is 2. The highest BCUT2D eigenvalue weighted by Crippen LogP contribution is 2.31. The van der Waals surface area contributed by atoms with E-state index in [1.165, 1.54) is 0 Å². The fourth-order valence-corrected chi connectivity index (χ4v) is 4.58. The Balaban J connectivity index is 1.49. The zero-order valence-electron chi connectivity index (χ0n) is 19.6. The molecule has 0 spiro atoms. The van der Waals surface area contributed by atoms with Crippen molar-refractivity contribution in [2.75, 3.05) is 0 Å². The van der Waals surface area contributed by atoms with E-state index in [-0.39, 0.29) is 6.61 Å². The Hall–Kier alpha value is -4.61. The smallest absolute Gasteiger partial charge is 0.338 e. The summed E-state index contributed by atoms with van der Waals surface area (Å²) in [6, 6.07) is 20.8. The van der Waals surface area contributed by atoms with Gasteiger partial charge in [-0.2, -0.15) is 5.26 Å². The summed E-state index contributed by atoms with van der Waals surface area (Å²) in [6.45, 7) is -0.0191. The van der Waals surface area contributed by atoms with Gasteiger partial charge in [0.05, 0.1) is 40.6 Å². The van der Waals surface area contributed by atoms with Crippen molar-refractivity contribution in [3.63, 3.8) is 0 Å². The summed E-state index contributed by atoms with van der Waals surface area (Å²) in [7, 11) is 0. The molecule has 1 atom stereocenters. The normalized spacial score (nSPS) is 15.1. The average molecular weight is 512 g/mol. The monoisotopic (exact) mass is 511 g/mol. The number of urea groups is 1. The molecule has 4 aromatic rings. The molecule has 3 N–H and O–H groups in total. The number of nitrogens with zero attached hydrogens (tertiary/aromatic N) is 2. The molecule has 1 aliphatic heterocycles. The second-order valence-electron chi connectivity index (χ2n) is 8.58. The van der Waals surface area contributed by atoms with Gasteiger partial charge in [0.15, 0.2) is 0 Å². The maximum Gasteiger partial charge on any atom is 0.338 e. The Morgan fingerprint density at radius 3 is 2.78 bits per heavy atom. The summed E-state index contributed by atoms with van der Waals surface area (Å²) in [5.74, 6) is -0.573. The maximum atomic E-state index is 13.5. The van der Waals surface area contributed by atoms with Crippen molar-refractivity contribution in [2.24, 2.45) is 0 Å². The molecule has 184 valence electrons. The molecule has 1 aromatic heterocycles. The van der Waals surface area contributed by atoms with E-state index in [0.717, 1.165) is 11.1 Å². The minimum Gasteiger partial charge on any atom is -0.457 e. The first-order valence-corrected chi connectivity index (χ1v) is 12.0. The Morgan fingerprint density at radius 1 is 1.08 bits per heavy atom. The highest BCUT2D eigenvalue weighted by atomic mass is 35.5. The molecular formula is C28H22ClN5O3. The molecule has 2 heterocycles. The molecule has 0 saturated heterocycles. The number of hydrogen-bond acceptors (Lipinski definition) is 5. The number of carbonyl (C=O) groups is 2. The van der Waals surface area contributed by atoms with Crippen LogP contribution in [-0.2, 0) is 22.6 Å². The van der Waals surface area contributed by atoms with E-state index in [2.05, 4.69) is 26.7 Å². The van der Waals surface area contributed by atoms with Gasteiger partial charge in [0.25, 0.3) is 0 Å². The largest absolute Gasteiger partial charge is 0.457 e. The SMILES string of the molecule is N#Cc1cccc(COC(=O)C2=C(CCc3ccccc3Cl)NC(=O)NC2c2ccc3[nH]cnc3c2)c1. The number of rotatable bonds is 7. The Morgan fingerprint density at radius 2 is 1.95 bits per heavy atom. The van der Waals surface area contributed by atoms with Crippen LogP contribution in [0.25, 0.3) is 11.0 Å². The van der Waals surface area contributed by atoms with Crippen molar-refractivity contribution >= 4 is 34.6 Å². The Kier molecular flexibility index (Phi) is 6.88. The van der Waals surface area contributed by atoms with Crippen LogP contribution in [0.4, 0.5) is 4.79 Å². The number of ether oxygens (including phenoxy) is 1. The number of nitriles is 1. The van der Waals surface area contributed by atoms with Gasteiger partial charge >= 0.3 is 12.0 Å². The molecule has 2 amide bonds. The Bertz CT molecular complexity index is 1570. The van der Waals surface area contributed by atoms with Gasteiger partial charge in [-0.3, -0.25) is 0 Å². The third-order valence-corrected chi connectivity index (χ3v) is 6.55. The van der Waals surface area contributed by atoms with Crippen LogP contribution in [0.5, 0.6) is 0 Å². The third-order valence-electron chi connectivity index (χ3n) is 6.18. The van der Waals surface area contributed by atoms with Crippen LogP contribution in [0.3, 0.4) is 0 Å². The van der Waals surface area contributed by atoms with E-state index in [4.69, 9.17) is 21.6 Å². The molecule has 5 rings (SSSR count). The van der Waals surface area contributed by atoms with Crippen LogP contribution in [0.1, 0.15) is 34.7 Å². The molecule has 0 aliphatic carbocycles. The number of H-pyrrole nitrogens is 1. The van der Waals surface area contributed by atoms with Crippen LogP contribution in [0, 0.1) is 11.3 Å². The summed E-state index contributed by atoms with van der Waals surface area (Å²) in [4.78, 5) is 33.6. The number of imidazole rings is 1. The van der Waals surface area contributed by atoms with Gasteiger partial charge in [0, 0.05) is 10.7 Å². The van der Waals surface area contributed by atoms with Crippen molar-refractivity contribution in [1.82, 2.24) is 20.6 Å². The molecule has 1 aliphatic rings.